The van der Waals surface area contributed by atoms with E-state index in [-0.39, 0.29) is 53.8 Å². The molecule has 0 atom stereocenters. The highest BCUT2D eigenvalue weighted by molar-refractivity contribution is 5.85. The molecule has 0 bridgehead atoms. The highest BCUT2D eigenvalue weighted by Gasteiger charge is 2.39. The van der Waals surface area contributed by atoms with Crippen molar-refractivity contribution in [1.82, 2.24) is 30.7 Å². The Morgan fingerprint density at radius 1 is 1.00 bits per heavy atom. The van der Waals surface area contributed by atoms with Crippen molar-refractivity contribution in [3.63, 3.8) is 0 Å². The first-order valence-electron chi connectivity index (χ1n) is 9.69. The number of hydrogen-bond acceptors (Lipinski definition) is 7. The number of rotatable bonds is 4. The number of hydrogen-bond donors (Lipinski definition) is 3. The summed E-state index contributed by atoms with van der Waals surface area (Å²) in [6, 6.07) is 5.61. The molecule has 1 aromatic carbocycles. The molecule has 0 radical (unpaired) electrons. The lowest BCUT2D eigenvalue weighted by Crippen LogP contribution is -2.60. The smallest absolute Gasteiger partial charge is 0.335 e. The average Bonchev–Trinajstić information content (AvgIpc) is 3.14. The van der Waals surface area contributed by atoms with Gasteiger partial charge in [-0.3, -0.25) is 5.10 Å². The zero-order valence-electron chi connectivity index (χ0n) is 17.9. The normalized spacial score (nSPS) is 17.3. The summed E-state index contributed by atoms with van der Waals surface area (Å²) in [6.45, 7) is 8.68. The standard InChI is InChI=1S/C21H26N6O2.2ClH/c1-20(2)8-15(9-21(3,4)27-20)29-19-22-12-17(25-26-19)16-6-5-13(7-18(16)28)14-10-23-24-11-14;;/h5-7,10-12,15,27-28H,8-9H2,1-4H3,(H,23,24);2*1H. The van der Waals surface area contributed by atoms with Gasteiger partial charge >= 0.3 is 6.01 Å². The lowest BCUT2D eigenvalue weighted by Gasteiger charge is -2.45. The van der Waals surface area contributed by atoms with E-state index < -0.39 is 0 Å². The minimum atomic E-state index is -0.0255. The molecule has 0 amide bonds. The zero-order chi connectivity index (χ0) is 20.6. The first kappa shape index (κ1) is 24.8. The third-order valence-corrected chi connectivity index (χ3v) is 5.07. The lowest BCUT2D eigenvalue weighted by molar-refractivity contribution is 0.0491. The van der Waals surface area contributed by atoms with Crippen LogP contribution in [0.1, 0.15) is 40.5 Å². The van der Waals surface area contributed by atoms with E-state index in [0.717, 1.165) is 24.0 Å². The second-order valence-electron chi connectivity index (χ2n) is 8.89. The van der Waals surface area contributed by atoms with Gasteiger partial charge in [0.1, 0.15) is 17.5 Å². The molecule has 1 saturated heterocycles. The molecule has 3 N–H and O–H groups in total. The second-order valence-corrected chi connectivity index (χ2v) is 8.89. The fraction of sp³-hybridized carbons (Fsp3) is 0.429. The van der Waals surface area contributed by atoms with Crippen LogP contribution in [0, 0.1) is 0 Å². The third-order valence-electron chi connectivity index (χ3n) is 5.07. The lowest BCUT2D eigenvalue weighted by atomic mass is 9.81. The van der Waals surface area contributed by atoms with Gasteiger partial charge in [-0.15, -0.1) is 29.9 Å². The van der Waals surface area contributed by atoms with Crippen LogP contribution in [-0.2, 0) is 0 Å². The SMILES string of the molecule is CC1(C)CC(Oc2ncc(-c3ccc(-c4cn[nH]c4)cc3O)nn2)CC(C)(C)N1.Cl.Cl. The Bertz CT molecular complexity index is 978. The van der Waals surface area contributed by atoms with Crippen molar-refractivity contribution in [1.29, 1.82) is 0 Å². The summed E-state index contributed by atoms with van der Waals surface area (Å²) >= 11 is 0. The van der Waals surface area contributed by atoms with Gasteiger partial charge in [-0.2, -0.15) is 5.10 Å². The van der Waals surface area contributed by atoms with Gasteiger partial charge in [0, 0.05) is 41.2 Å². The maximum Gasteiger partial charge on any atom is 0.335 e. The minimum absolute atomic E-state index is 0. The molecule has 8 nitrogen and oxygen atoms in total. The summed E-state index contributed by atoms with van der Waals surface area (Å²) in [5, 5.41) is 29.1. The predicted octanol–water partition coefficient (Wildman–Crippen LogP) is 4.17. The molecule has 4 rings (SSSR count). The number of phenols is 1. The van der Waals surface area contributed by atoms with Gasteiger partial charge in [0.05, 0.1) is 12.4 Å². The van der Waals surface area contributed by atoms with E-state index in [0.29, 0.717) is 11.3 Å². The van der Waals surface area contributed by atoms with Crippen LogP contribution in [0.4, 0.5) is 0 Å². The Kier molecular flexibility index (Phi) is 7.52. The van der Waals surface area contributed by atoms with Crippen molar-refractivity contribution >= 4 is 24.8 Å². The van der Waals surface area contributed by atoms with Crippen molar-refractivity contribution in [2.45, 2.75) is 57.7 Å². The van der Waals surface area contributed by atoms with E-state index >= 15 is 0 Å². The van der Waals surface area contributed by atoms with Gasteiger partial charge in [0.15, 0.2) is 0 Å². The Morgan fingerprint density at radius 2 is 1.71 bits per heavy atom. The van der Waals surface area contributed by atoms with Crippen LogP contribution in [0.5, 0.6) is 11.8 Å². The number of halogens is 2. The molecule has 0 aliphatic carbocycles. The monoisotopic (exact) mass is 466 g/mol. The number of nitrogens with zero attached hydrogens (tertiary/aromatic N) is 4. The molecule has 2 aromatic heterocycles. The molecule has 10 heteroatoms. The summed E-state index contributed by atoms with van der Waals surface area (Å²) in [5.41, 5.74) is 2.75. The second kappa shape index (κ2) is 9.38. The average molecular weight is 467 g/mol. The van der Waals surface area contributed by atoms with Crippen LogP contribution in [-0.4, -0.2) is 47.7 Å². The maximum atomic E-state index is 10.4. The number of H-pyrrole nitrogens is 1. The van der Waals surface area contributed by atoms with Crippen molar-refractivity contribution in [3.05, 3.63) is 36.8 Å². The molecule has 1 aliphatic rings. The van der Waals surface area contributed by atoms with E-state index in [1.54, 1.807) is 30.7 Å². The van der Waals surface area contributed by atoms with Crippen LogP contribution in [0.25, 0.3) is 22.4 Å². The van der Waals surface area contributed by atoms with Crippen molar-refractivity contribution < 1.29 is 9.84 Å². The molecule has 168 valence electrons. The van der Waals surface area contributed by atoms with E-state index in [1.165, 1.54) is 0 Å². The quantitative estimate of drug-likeness (QED) is 0.529. The molecule has 0 spiro atoms. The van der Waals surface area contributed by atoms with Crippen molar-refractivity contribution in [2.75, 3.05) is 0 Å². The summed E-state index contributed by atoms with van der Waals surface area (Å²) < 4.78 is 6.02. The van der Waals surface area contributed by atoms with Crippen LogP contribution >= 0.6 is 24.8 Å². The van der Waals surface area contributed by atoms with Crippen LogP contribution in [0.15, 0.2) is 36.8 Å². The number of aromatic nitrogens is 5. The number of ether oxygens (including phenoxy) is 1. The number of benzene rings is 1. The van der Waals surface area contributed by atoms with Crippen molar-refractivity contribution in [2.24, 2.45) is 0 Å². The molecular formula is C21H28Cl2N6O2. The predicted molar refractivity (Wildman–Crippen MR) is 124 cm³/mol. The fourth-order valence-electron chi connectivity index (χ4n) is 4.24. The first-order valence-corrected chi connectivity index (χ1v) is 9.69. The number of phenolic OH excluding ortho intramolecular Hbond substituents is 1. The summed E-state index contributed by atoms with van der Waals surface area (Å²) in [6.07, 6.45) is 6.77. The summed E-state index contributed by atoms with van der Waals surface area (Å²) in [4.78, 5) is 4.32. The van der Waals surface area contributed by atoms with E-state index in [2.05, 4.69) is 58.4 Å². The largest absolute Gasteiger partial charge is 0.507 e. The number of aromatic hydroxyl groups is 1. The van der Waals surface area contributed by atoms with Crippen molar-refractivity contribution in [3.8, 4) is 34.1 Å². The van der Waals surface area contributed by atoms with Gasteiger partial charge in [-0.05, 0) is 45.4 Å². The van der Waals surface area contributed by atoms with E-state index in [9.17, 15) is 5.11 Å². The zero-order valence-corrected chi connectivity index (χ0v) is 19.5. The Balaban J connectivity index is 0.00000171. The topological polar surface area (TPSA) is 109 Å². The fourth-order valence-corrected chi connectivity index (χ4v) is 4.24. The molecule has 31 heavy (non-hydrogen) atoms. The first-order chi connectivity index (χ1) is 13.7. The van der Waals surface area contributed by atoms with Gasteiger partial charge in [0.25, 0.3) is 0 Å². The van der Waals surface area contributed by atoms with E-state index in [1.807, 2.05) is 6.07 Å². The van der Waals surface area contributed by atoms with Crippen LogP contribution in [0.3, 0.4) is 0 Å². The third kappa shape index (κ3) is 5.84. The molecule has 3 aromatic rings. The van der Waals surface area contributed by atoms with E-state index in [4.69, 9.17) is 4.74 Å². The summed E-state index contributed by atoms with van der Waals surface area (Å²) in [7, 11) is 0. The molecule has 1 aliphatic heterocycles. The minimum Gasteiger partial charge on any atom is -0.507 e. The molecule has 1 fully saturated rings. The van der Waals surface area contributed by atoms with Gasteiger partial charge in [-0.1, -0.05) is 11.2 Å². The molecule has 3 heterocycles. The highest BCUT2D eigenvalue weighted by Crippen LogP contribution is 2.33. The maximum absolute atomic E-state index is 10.4. The number of aromatic amines is 1. The number of nitrogens with one attached hydrogen (secondary N) is 2. The molecule has 0 saturated carbocycles. The van der Waals surface area contributed by atoms with Gasteiger partial charge in [-0.25, -0.2) is 4.98 Å². The van der Waals surface area contributed by atoms with Gasteiger partial charge < -0.3 is 15.2 Å². The van der Waals surface area contributed by atoms with Gasteiger partial charge in [0.2, 0.25) is 0 Å². The van der Waals surface area contributed by atoms with Crippen LogP contribution in [0.2, 0.25) is 0 Å². The number of piperidine rings is 1. The highest BCUT2D eigenvalue weighted by atomic mass is 35.5. The summed E-state index contributed by atoms with van der Waals surface area (Å²) in [5.74, 6) is 0.107. The van der Waals surface area contributed by atoms with Crippen LogP contribution < -0.4 is 10.1 Å². The Hall–Kier alpha value is -2.42. The molecule has 0 unspecified atom stereocenters. The Morgan fingerprint density at radius 3 is 2.26 bits per heavy atom. The Labute approximate surface area is 194 Å². The molecular weight excluding hydrogens is 439 g/mol.